The van der Waals surface area contributed by atoms with E-state index in [4.69, 9.17) is 4.74 Å². The number of benzene rings is 2. The highest BCUT2D eigenvalue weighted by molar-refractivity contribution is 6.06. The minimum atomic E-state index is -4.74. The van der Waals surface area contributed by atoms with Crippen molar-refractivity contribution < 1.29 is 32.4 Å². The molecule has 2 aliphatic carbocycles. The zero-order valence-electron chi connectivity index (χ0n) is 19.9. The molecule has 0 fully saturated rings. The van der Waals surface area contributed by atoms with Crippen LogP contribution in [0.15, 0.2) is 65.0 Å². The zero-order chi connectivity index (χ0) is 26.5. The fourth-order valence-corrected chi connectivity index (χ4v) is 5.49. The molecule has 0 saturated heterocycles. The van der Waals surface area contributed by atoms with Gasteiger partial charge in [-0.15, -0.1) is 0 Å². The molecular formula is C27H23F3N2O5. The van der Waals surface area contributed by atoms with Crippen LogP contribution in [0.25, 0.3) is 0 Å². The van der Waals surface area contributed by atoms with E-state index < -0.39 is 28.3 Å². The highest BCUT2D eigenvalue weighted by atomic mass is 19.4. The summed E-state index contributed by atoms with van der Waals surface area (Å²) in [6, 6.07) is 8.60. The lowest BCUT2D eigenvalue weighted by atomic mass is 9.71. The Hall–Kier alpha value is -3.95. The summed E-state index contributed by atoms with van der Waals surface area (Å²) in [6.07, 6.45) is -1.09. The van der Waals surface area contributed by atoms with E-state index in [1.54, 1.807) is 18.2 Å². The van der Waals surface area contributed by atoms with Gasteiger partial charge < -0.3 is 9.64 Å². The van der Waals surface area contributed by atoms with Gasteiger partial charge in [0, 0.05) is 54.4 Å². The van der Waals surface area contributed by atoms with Crippen molar-refractivity contribution in [3.63, 3.8) is 0 Å². The van der Waals surface area contributed by atoms with Crippen LogP contribution in [0.2, 0.25) is 0 Å². The molecule has 10 heteroatoms. The van der Waals surface area contributed by atoms with Crippen molar-refractivity contribution in [1.29, 1.82) is 0 Å². The number of ketones is 2. The third kappa shape index (κ3) is 4.41. The van der Waals surface area contributed by atoms with E-state index >= 15 is 0 Å². The van der Waals surface area contributed by atoms with Crippen LogP contribution in [0.3, 0.4) is 0 Å². The number of hydrogen-bond donors (Lipinski definition) is 0. The molecule has 2 aromatic rings. The second-order valence-electron chi connectivity index (χ2n) is 9.38. The predicted octanol–water partition coefficient (Wildman–Crippen LogP) is 6.45. The fraction of sp³-hybridized carbons (Fsp3) is 0.333. The summed E-state index contributed by atoms with van der Waals surface area (Å²) in [5.74, 6) is -0.829. The summed E-state index contributed by atoms with van der Waals surface area (Å²) < 4.78 is 44.9. The van der Waals surface area contributed by atoms with Crippen LogP contribution >= 0.6 is 0 Å². The highest BCUT2D eigenvalue weighted by Gasteiger charge is 2.42. The number of carbonyl (C=O) groups excluding carboxylic acids is 2. The second kappa shape index (κ2) is 9.17. The van der Waals surface area contributed by atoms with Crippen LogP contribution in [-0.4, -0.2) is 28.4 Å². The molecule has 0 aromatic heterocycles. The lowest BCUT2D eigenvalue weighted by molar-refractivity contribution is -0.385. The standard InChI is InChI=1S/C27H23F3N2O5/c1-31-18-7-3-9-21(33)25(18)24(26-19(31)8-4-10-22(26)34)15-5-2-6-17(13-15)37-23-12-11-16(27(28,29)30)14-20(23)32(35)36/h2,5-6,11-14,24H,3-4,7-10H2,1H3. The molecule has 0 spiro atoms. The largest absolute Gasteiger partial charge is 0.450 e. The molecule has 0 radical (unpaired) electrons. The summed E-state index contributed by atoms with van der Waals surface area (Å²) in [5, 5.41) is 11.5. The number of Topliss-reactive ketones (excluding diaryl/α,β-unsaturated/α-hetero) is 2. The number of carbonyl (C=O) groups is 2. The Balaban J connectivity index is 1.58. The van der Waals surface area contributed by atoms with Crippen molar-refractivity contribution in [2.24, 2.45) is 0 Å². The lowest BCUT2D eigenvalue weighted by Crippen LogP contribution is -2.37. The first-order valence-corrected chi connectivity index (χ1v) is 12.0. The van der Waals surface area contributed by atoms with Crippen molar-refractivity contribution in [2.75, 3.05) is 7.05 Å². The Morgan fingerprint density at radius 1 is 0.946 bits per heavy atom. The molecule has 0 unspecified atom stereocenters. The molecule has 0 N–H and O–H groups in total. The average Bonchev–Trinajstić information content (AvgIpc) is 2.85. The van der Waals surface area contributed by atoms with E-state index in [1.165, 1.54) is 6.07 Å². The molecule has 5 rings (SSSR count). The first-order valence-electron chi connectivity index (χ1n) is 12.0. The van der Waals surface area contributed by atoms with Crippen molar-refractivity contribution in [1.82, 2.24) is 4.90 Å². The van der Waals surface area contributed by atoms with Gasteiger partial charge in [0.05, 0.1) is 10.5 Å². The molecule has 0 atom stereocenters. The van der Waals surface area contributed by atoms with Crippen molar-refractivity contribution >= 4 is 17.3 Å². The van der Waals surface area contributed by atoms with Gasteiger partial charge in [0.1, 0.15) is 5.75 Å². The number of hydrogen-bond acceptors (Lipinski definition) is 6. The Morgan fingerprint density at radius 3 is 2.14 bits per heavy atom. The third-order valence-electron chi connectivity index (χ3n) is 7.15. The summed E-state index contributed by atoms with van der Waals surface area (Å²) >= 11 is 0. The monoisotopic (exact) mass is 512 g/mol. The van der Waals surface area contributed by atoms with Gasteiger partial charge in [-0.2, -0.15) is 13.2 Å². The number of allylic oxidation sites excluding steroid dienone is 4. The number of ether oxygens (including phenoxy) is 1. The first kappa shape index (κ1) is 24.7. The number of rotatable bonds is 4. The quantitative estimate of drug-likeness (QED) is 0.346. The smallest absolute Gasteiger partial charge is 0.416 e. The maximum absolute atomic E-state index is 13.1. The van der Waals surface area contributed by atoms with E-state index in [2.05, 4.69) is 0 Å². The lowest BCUT2D eigenvalue weighted by Gasteiger charge is -2.42. The van der Waals surface area contributed by atoms with Crippen LogP contribution in [-0.2, 0) is 15.8 Å². The number of nitrogens with zero attached hydrogens (tertiary/aromatic N) is 2. The van der Waals surface area contributed by atoms with Gasteiger partial charge in [-0.1, -0.05) is 12.1 Å². The Labute approximate surface area is 210 Å². The van der Waals surface area contributed by atoms with E-state index in [1.807, 2.05) is 11.9 Å². The Kier molecular flexibility index (Phi) is 6.13. The van der Waals surface area contributed by atoms with E-state index in [0.717, 1.165) is 36.4 Å². The van der Waals surface area contributed by atoms with Gasteiger partial charge in [-0.3, -0.25) is 19.7 Å². The predicted molar refractivity (Wildman–Crippen MR) is 127 cm³/mol. The zero-order valence-corrected chi connectivity index (χ0v) is 19.9. The number of halogens is 3. The maximum Gasteiger partial charge on any atom is 0.416 e. The van der Waals surface area contributed by atoms with E-state index in [0.29, 0.717) is 48.5 Å². The SMILES string of the molecule is CN1C2=C(C(=O)CCC2)C(c2cccc(Oc3ccc(C(F)(F)F)cc3[N+](=O)[O-])c2)C2=C1CCCC2=O. The molecule has 0 saturated carbocycles. The maximum atomic E-state index is 13.1. The molecular weight excluding hydrogens is 489 g/mol. The number of alkyl halides is 3. The molecule has 0 bridgehead atoms. The second-order valence-corrected chi connectivity index (χ2v) is 9.38. The molecule has 1 aliphatic heterocycles. The van der Waals surface area contributed by atoms with E-state index in [9.17, 15) is 32.9 Å². The van der Waals surface area contributed by atoms with Crippen LogP contribution in [0.1, 0.15) is 55.6 Å². The van der Waals surface area contributed by atoms with Gasteiger partial charge in [-0.25, -0.2) is 0 Å². The summed E-state index contributed by atoms with van der Waals surface area (Å²) in [5.41, 5.74) is 1.61. The first-order chi connectivity index (χ1) is 17.6. The summed E-state index contributed by atoms with van der Waals surface area (Å²) in [6.45, 7) is 0. The van der Waals surface area contributed by atoms with Gasteiger partial charge in [0.15, 0.2) is 11.6 Å². The molecule has 37 heavy (non-hydrogen) atoms. The summed E-state index contributed by atoms with van der Waals surface area (Å²) in [4.78, 5) is 38.8. The molecule has 3 aliphatic rings. The van der Waals surface area contributed by atoms with E-state index in [-0.39, 0.29) is 23.1 Å². The molecule has 0 amide bonds. The molecule has 192 valence electrons. The topological polar surface area (TPSA) is 89.8 Å². The van der Waals surface area contributed by atoms with Crippen LogP contribution < -0.4 is 4.74 Å². The Bertz CT molecular complexity index is 1350. The van der Waals surface area contributed by atoms with Gasteiger partial charge >= 0.3 is 11.9 Å². The van der Waals surface area contributed by atoms with Crippen LogP contribution in [0, 0.1) is 10.1 Å². The minimum absolute atomic E-state index is 0.0206. The molecule has 2 aromatic carbocycles. The van der Waals surface area contributed by atoms with Gasteiger partial charge in [0.25, 0.3) is 0 Å². The summed E-state index contributed by atoms with van der Waals surface area (Å²) in [7, 11) is 1.89. The third-order valence-corrected chi connectivity index (χ3v) is 7.15. The number of nitro groups is 1. The highest BCUT2D eigenvalue weighted by Crippen LogP contribution is 2.49. The van der Waals surface area contributed by atoms with Crippen LogP contribution in [0.4, 0.5) is 18.9 Å². The van der Waals surface area contributed by atoms with Crippen molar-refractivity contribution in [2.45, 2.75) is 50.6 Å². The minimum Gasteiger partial charge on any atom is -0.450 e. The number of nitro benzene ring substituents is 1. The molecule has 1 heterocycles. The fourth-order valence-electron chi connectivity index (χ4n) is 5.49. The van der Waals surface area contributed by atoms with Gasteiger partial charge in [-0.05, 0) is 55.5 Å². The Morgan fingerprint density at radius 2 is 1.57 bits per heavy atom. The van der Waals surface area contributed by atoms with Crippen molar-refractivity contribution in [3.8, 4) is 11.5 Å². The molecule has 7 nitrogen and oxygen atoms in total. The van der Waals surface area contributed by atoms with Crippen molar-refractivity contribution in [3.05, 3.63) is 86.2 Å². The normalized spacial score (nSPS) is 18.6. The average molecular weight is 512 g/mol. The van der Waals surface area contributed by atoms with Gasteiger partial charge in [0.2, 0.25) is 5.75 Å². The van der Waals surface area contributed by atoms with Crippen LogP contribution in [0.5, 0.6) is 11.5 Å².